The summed E-state index contributed by atoms with van der Waals surface area (Å²) in [5.41, 5.74) is 2.10. The van der Waals surface area contributed by atoms with Gasteiger partial charge in [0.25, 0.3) is 0 Å². The molecule has 4 aromatic rings. The first-order valence-corrected chi connectivity index (χ1v) is 9.54. The molecule has 8 heteroatoms. The van der Waals surface area contributed by atoms with Gasteiger partial charge in [-0.3, -0.25) is 9.78 Å². The van der Waals surface area contributed by atoms with Gasteiger partial charge >= 0.3 is 0 Å². The van der Waals surface area contributed by atoms with E-state index in [1.165, 1.54) is 11.3 Å². The SMILES string of the molecule is Cn1c(Br)cc2c(C(=O)c3cccs3)nc(NCc3cccnc3)nc21. The molecule has 0 aliphatic rings. The summed E-state index contributed by atoms with van der Waals surface area (Å²) >= 11 is 4.90. The van der Waals surface area contributed by atoms with Crippen molar-refractivity contribution in [2.75, 3.05) is 5.32 Å². The Kier molecular flexibility index (Phi) is 4.52. The number of carbonyl (C=O) groups is 1. The molecule has 4 aromatic heterocycles. The zero-order valence-corrected chi connectivity index (χ0v) is 16.2. The number of fused-ring (bicyclic) bond motifs is 1. The maximum atomic E-state index is 12.9. The van der Waals surface area contributed by atoms with E-state index in [9.17, 15) is 4.79 Å². The quantitative estimate of drug-likeness (QED) is 0.486. The van der Waals surface area contributed by atoms with Crippen molar-refractivity contribution in [2.24, 2.45) is 7.05 Å². The highest BCUT2D eigenvalue weighted by molar-refractivity contribution is 9.10. The summed E-state index contributed by atoms with van der Waals surface area (Å²) in [5.74, 6) is 0.310. The van der Waals surface area contributed by atoms with E-state index in [0.717, 1.165) is 15.6 Å². The van der Waals surface area contributed by atoms with E-state index in [2.05, 4.69) is 36.2 Å². The van der Waals surface area contributed by atoms with Crippen molar-refractivity contribution in [2.45, 2.75) is 6.54 Å². The molecule has 0 aliphatic heterocycles. The van der Waals surface area contributed by atoms with Crippen LogP contribution in [-0.4, -0.2) is 25.3 Å². The first kappa shape index (κ1) is 16.9. The summed E-state index contributed by atoms with van der Waals surface area (Å²) in [6.45, 7) is 0.525. The van der Waals surface area contributed by atoms with Crippen LogP contribution in [0.3, 0.4) is 0 Å². The molecule has 0 saturated carbocycles. The normalized spacial score (nSPS) is 11.0. The van der Waals surface area contributed by atoms with Crippen molar-refractivity contribution >= 4 is 50.0 Å². The fourth-order valence-corrected chi connectivity index (χ4v) is 3.69. The zero-order chi connectivity index (χ0) is 18.1. The summed E-state index contributed by atoms with van der Waals surface area (Å²) in [6.07, 6.45) is 3.51. The van der Waals surface area contributed by atoms with Gasteiger partial charge in [0.1, 0.15) is 11.3 Å². The smallest absolute Gasteiger partial charge is 0.225 e. The summed E-state index contributed by atoms with van der Waals surface area (Å²) in [4.78, 5) is 26.8. The van der Waals surface area contributed by atoms with E-state index < -0.39 is 0 Å². The maximum absolute atomic E-state index is 12.9. The van der Waals surface area contributed by atoms with Crippen LogP contribution >= 0.6 is 27.3 Å². The zero-order valence-electron chi connectivity index (χ0n) is 13.8. The van der Waals surface area contributed by atoms with Gasteiger partial charge in [0.05, 0.1) is 14.9 Å². The molecule has 6 nitrogen and oxygen atoms in total. The van der Waals surface area contributed by atoms with Gasteiger partial charge < -0.3 is 9.88 Å². The molecular weight excluding hydrogens is 414 g/mol. The number of hydrogen-bond donors (Lipinski definition) is 1. The van der Waals surface area contributed by atoms with Gasteiger partial charge in [0.15, 0.2) is 0 Å². The first-order valence-electron chi connectivity index (χ1n) is 7.87. The fraction of sp³-hybridized carbons (Fsp3) is 0.111. The number of hydrogen-bond acceptors (Lipinski definition) is 6. The van der Waals surface area contributed by atoms with Crippen LogP contribution < -0.4 is 5.32 Å². The highest BCUT2D eigenvalue weighted by Gasteiger charge is 2.20. The molecule has 130 valence electrons. The molecule has 4 heterocycles. The van der Waals surface area contributed by atoms with Crippen LogP contribution in [0.25, 0.3) is 11.0 Å². The van der Waals surface area contributed by atoms with E-state index in [0.29, 0.717) is 28.7 Å². The minimum atomic E-state index is -0.102. The standard InChI is InChI=1S/C18H14BrN5OS/c1-24-14(19)8-12-15(16(25)13-5-3-7-26-13)22-18(23-17(12)24)21-10-11-4-2-6-20-9-11/h2-9H,10H2,1H3,(H,21,22,23). The van der Waals surface area contributed by atoms with Crippen LogP contribution in [0.5, 0.6) is 0 Å². The second-order valence-corrected chi connectivity index (χ2v) is 7.44. The Bertz CT molecular complexity index is 1080. The Morgan fingerprint density at radius 2 is 2.19 bits per heavy atom. The Hall–Kier alpha value is -2.58. The molecule has 0 bridgehead atoms. The molecule has 0 aliphatic carbocycles. The number of carbonyl (C=O) groups excluding carboxylic acids is 1. The number of anilines is 1. The lowest BCUT2D eigenvalue weighted by Crippen LogP contribution is -2.10. The topological polar surface area (TPSA) is 72.7 Å². The minimum Gasteiger partial charge on any atom is -0.350 e. The van der Waals surface area contributed by atoms with Crippen LogP contribution in [-0.2, 0) is 13.6 Å². The van der Waals surface area contributed by atoms with Crippen molar-refractivity contribution in [3.63, 3.8) is 0 Å². The van der Waals surface area contributed by atoms with Crippen LogP contribution in [0.4, 0.5) is 5.95 Å². The van der Waals surface area contributed by atoms with E-state index in [1.807, 2.05) is 47.3 Å². The summed E-state index contributed by atoms with van der Waals surface area (Å²) < 4.78 is 2.73. The molecule has 26 heavy (non-hydrogen) atoms. The van der Waals surface area contributed by atoms with Crippen LogP contribution in [0, 0.1) is 0 Å². The maximum Gasteiger partial charge on any atom is 0.225 e. The lowest BCUT2D eigenvalue weighted by atomic mass is 10.2. The molecule has 0 aromatic carbocycles. The molecule has 0 atom stereocenters. The number of nitrogens with one attached hydrogen (secondary N) is 1. The van der Waals surface area contributed by atoms with Crippen LogP contribution in [0.15, 0.2) is 52.7 Å². The monoisotopic (exact) mass is 427 g/mol. The number of ketones is 1. The molecule has 4 rings (SSSR count). The number of pyridine rings is 1. The molecule has 0 saturated heterocycles. The van der Waals surface area contributed by atoms with E-state index in [4.69, 9.17) is 0 Å². The van der Waals surface area contributed by atoms with Gasteiger partial charge in [0, 0.05) is 26.0 Å². The summed E-state index contributed by atoms with van der Waals surface area (Å²) in [5, 5.41) is 5.80. The van der Waals surface area contributed by atoms with Gasteiger partial charge in [-0.25, -0.2) is 4.98 Å². The lowest BCUT2D eigenvalue weighted by Gasteiger charge is -2.08. The summed E-state index contributed by atoms with van der Waals surface area (Å²) in [7, 11) is 1.89. The van der Waals surface area contributed by atoms with Crippen molar-refractivity contribution in [3.8, 4) is 0 Å². The Morgan fingerprint density at radius 1 is 1.31 bits per heavy atom. The van der Waals surface area contributed by atoms with Crippen LogP contribution in [0.2, 0.25) is 0 Å². The predicted molar refractivity (Wildman–Crippen MR) is 106 cm³/mol. The minimum absolute atomic E-state index is 0.102. The molecule has 0 fully saturated rings. The average Bonchev–Trinajstić information content (AvgIpc) is 3.29. The molecule has 1 N–H and O–H groups in total. The fourth-order valence-electron chi connectivity index (χ4n) is 2.62. The molecular formula is C18H14BrN5OS. The van der Waals surface area contributed by atoms with E-state index in [1.54, 1.807) is 12.4 Å². The Morgan fingerprint density at radius 3 is 2.92 bits per heavy atom. The highest BCUT2D eigenvalue weighted by Crippen LogP contribution is 2.27. The van der Waals surface area contributed by atoms with Gasteiger partial charge in [-0.05, 0) is 45.1 Å². The average molecular weight is 428 g/mol. The number of halogens is 1. The molecule has 0 spiro atoms. The van der Waals surface area contributed by atoms with Gasteiger partial charge in [0.2, 0.25) is 11.7 Å². The molecule has 0 radical (unpaired) electrons. The van der Waals surface area contributed by atoms with Crippen molar-refractivity contribution in [1.82, 2.24) is 19.5 Å². The third-order valence-corrected chi connectivity index (χ3v) is 5.59. The van der Waals surface area contributed by atoms with Crippen molar-refractivity contribution < 1.29 is 4.79 Å². The van der Waals surface area contributed by atoms with Crippen molar-refractivity contribution in [3.05, 3.63) is 68.8 Å². The molecule has 0 amide bonds. The largest absolute Gasteiger partial charge is 0.350 e. The number of thiophene rings is 1. The van der Waals surface area contributed by atoms with E-state index in [-0.39, 0.29) is 5.78 Å². The number of nitrogens with zero attached hydrogens (tertiary/aromatic N) is 4. The van der Waals surface area contributed by atoms with Gasteiger partial charge in [-0.15, -0.1) is 11.3 Å². The number of aromatic nitrogens is 4. The third-order valence-electron chi connectivity index (χ3n) is 3.96. The van der Waals surface area contributed by atoms with Gasteiger partial charge in [-0.2, -0.15) is 4.98 Å². The van der Waals surface area contributed by atoms with Crippen LogP contribution in [0.1, 0.15) is 20.9 Å². The molecule has 0 unspecified atom stereocenters. The Balaban J connectivity index is 1.76. The summed E-state index contributed by atoms with van der Waals surface area (Å²) in [6, 6.07) is 9.39. The number of rotatable bonds is 5. The van der Waals surface area contributed by atoms with Gasteiger partial charge in [-0.1, -0.05) is 12.1 Å². The third kappa shape index (κ3) is 3.13. The lowest BCUT2D eigenvalue weighted by molar-refractivity contribution is 0.103. The van der Waals surface area contributed by atoms with Crippen molar-refractivity contribution in [1.29, 1.82) is 0 Å². The first-order chi connectivity index (χ1) is 12.6. The second kappa shape index (κ2) is 6.97. The second-order valence-electron chi connectivity index (χ2n) is 5.68. The van der Waals surface area contributed by atoms with E-state index >= 15 is 0 Å². The Labute approximate surface area is 162 Å². The number of aryl methyl sites for hydroxylation is 1. The predicted octanol–water partition coefficient (Wildman–Crippen LogP) is 4.03. The highest BCUT2D eigenvalue weighted by atomic mass is 79.9.